The van der Waals surface area contributed by atoms with Crippen LogP contribution in [-0.2, 0) is 4.79 Å². The third-order valence-corrected chi connectivity index (χ3v) is 7.22. The predicted molar refractivity (Wildman–Crippen MR) is 129 cm³/mol. The van der Waals surface area contributed by atoms with Gasteiger partial charge in [-0.25, -0.2) is 0 Å². The number of hydrogen-bond acceptors (Lipinski definition) is 6. The molecule has 0 unspecified atom stereocenters. The van der Waals surface area contributed by atoms with Gasteiger partial charge in [0.25, 0.3) is 11.6 Å². The average molecular weight is 463 g/mol. The number of benzene rings is 1. The average Bonchev–Trinajstić information content (AvgIpc) is 3.44. The molecule has 3 heterocycles. The molecule has 1 aliphatic carbocycles. The van der Waals surface area contributed by atoms with Crippen LogP contribution >= 0.6 is 11.8 Å². The number of fused-ring (bicyclic) bond motifs is 1. The van der Waals surface area contributed by atoms with Crippen LogP contribution in [0.1, 0.15) is 43.4 Å². The lowest BCUT2D eigenvalue weighted by molar-refractivity contribution is -0.384. The number of nitro groups is 1. The summed E-state index contributed by atoms with van der Waals surface area (Å²) in [5.41, 5.74) is 2.33. The summed E-state index contributed by atoms with van der Waals surface area (Å²) in [5.74, 6) is -0.0850. The highest BCUT2D eigenvalue weighted by atomic mass is 32.2. The number of hydrogen-bond donors (Lipinski definition) is 1. The van der Waals surface area contributed by atoms with Crippen LogP contribution in [0.4, 0.5) is 5.69 Å². The molecule has 0 radical (unpaired) electrons. The number of nitrogens with one attached hydrogen (secondary N) is 1. The zero-order chi connectivity index (χ0) is 23.1. The zero-order valence-corrected chi connectivity index (χ0v) is 18.8. The van der Waals surface area contributed by atoms with Gasteiger partial charge in [0.2, 0.25) is 5.17 Å². The predicted octanol–water partition coefficient (Wildman–Crippen LogP) is 4.89. The summed E-state index contributed by atoms with van der Waals surface area (Å²) in [5, 5.41) is 27.2. The number of hydrazone groups is 1. The molecule has 10 heteroatoms. The van der Waals surface area contributed by atoms with Crippen LogP contribution in [0.25, 0.3) is 11.8 Å². The van der Waals surface area contributed by atoms with E-state index in [1.54, 1.807) is 19.1 Å². The van der Waals surface area contributed by atoms with Gasteiger partial charge in [-0.2, -0.15) is 15.1 Å². The Labute approximate surface area is 194 Å². The molecule has 0 saturated heterocycles. The number of nitrogens with zero attached hydrogens (tertiary/aromatic N) is 5. The summed E-state index contributed by atoms with van der Waals surface area (Å²) in [6.45, 7) is 1.80. The number of nitro benzene ring substituents is 1. The maximum atomic E-state index is 12.8. The Balaban J connectivity index is 1.46. The lowest BCUT2D eigenvalue weighted by Crippen LogP contribution is -2.35. The largest absolute Gasteiger partial charge is 0.317 e. The second-order valence-corrected chi connectivity index (χ2v) is 9.31. The van der Waals surface area contributed by atoms with Crippen LogP contribution < -0.4 is 0 Å². The first-order chi connectivity index (χ1) is 15.9. The van der Waals surface area contributed by atoms with Crippen molar-refractivity contribution in [1.82, 2.24) is 9.58 Å². The standard InChI is InChI=1S/C23H22N6O3S/c1-14-12-17(29(31)32)9-10-19(14)27-11-5-8-16(27)13-18-20(24)28-23(25-21(18)30)33-22(26-28)15-6-3-2-4-7-15/h5,8-13,15,24H,2-4,6-7H2,1H3/b18-13-,24-20?. The molecule has 2 aliphatic heterocycles. The van der Waals surface area contributed by atoms with Gasteiger partial charge >= 0.3 is 0 Å². The van der Waals surface area contributed by atoms with Crippen molar-refractivity contribution in [3.05, 3.63) is 63.5 Å². The highest BCUT2D eigenvalue weighted by Crippen LogP contribution is 2.36. The molecule has 0 atom stereocenters. The quantitative estimate of drug-likeness (QED) is 0.394. The summed E-state index contributed by atoms with van der Waals surface area (Å²) in [4.78, 5) is 27.7. The summed E-state index contributed by atoms with van der Waals surface area (Å²) in [7, 11) is 0. The van der Waals surface area contributed by atoms with E-state index in [-0.39, 0.29) is 17.1 Å². The number of carbonyl (C=O) groups excluding carboxylic acids is 1. The fourth-order valence-corrected chi connectivity index (χ4v) is 5.48. The van der Waals surface area contributed by atoms with Gasteiger partial charge in [-0.1, -0.05) is 19.3 Å². The van der Waals surface area contributed by atoms with E-state index < -0.39 is 10.8 Å². The van der Waals surface area contributed by atoms with Crippen molar-refractivity contribution in [2.45, 2.75) is 39.0 Å². The zero-order valence-electron chi connectivity index (χ0n) is 18.0. The SMILES string of the molecule is Cc1cc([N+](=O)[O-])ccc1-n1cccc1/C=C1/C(=N)N2N=C(C3CCCCC3)SC2=NC1=O. The molecule has 9 nitrogen and oxygen atoms in total. The smallest absolute Gasteiger partial charge is 0.283 e. The fourth-order valence-electron chi connectivity index (χ4n) is 4.42. The van der Waals surface area contributed by atoms with E-state index in [2.05, 4.69) is 10.1 Å². The Kier molecular flexibility index (Phi) is 5.45. The van der Waals surface area contributed by atoms with Crippen molar-refractivity contribution in [1.29, 1.82) is 5.41 Å². The molecular weight excluding hydrogens is 440 g/mol. The fraction of sp³-hybridized carbons (Fsp3) is 0.304. The molecule has 1 saturated carbocycles. The van der Waals surface area contributed by atoms with Crippen LogP contribution in [0.15, 0.2) is 52.2 Å². The van der Waals surface area contributed by atoms with Crippen molar-refractivity contribution in [2.75, 3.05) is 0 Å². The molecule has 2 aromatic rings. The van der Waals surface area contributed by atoms with Gasteiger partial charge in [-0.05, 0) is 61.4 Å². The number of aliphatic imine (C=N–C) groups is 1. The number of carbonyl (C=O) groups is 1. The van der Waals surface area contributed by atoms with E-state index in [1.807, 2.05) is 22.9 Å². The maximum absolute atomic E-state index is 12.8. The molecule has 1 aromatic carbocycles. The van der Waals surface area contributed by atoms with Crippen LogP contribution in [0.3, 0.4) is 0 Å². The third kappa shape index (κ3) is 3.91. The lowest BCUT2D eigenvalue weighted by Gasteiger charge is -2.20. The van der Waals surface area contributed by atoms with E-state index in [1.165, 1.54) is 48.2 Å². The van der Waals surface area contributed by atoms with E-state index in [4.69, 9.17) is 5.41 Å². The number of amidine groups is 2. The van der Waals surface area contributed by atoms with E-state index in [0.29, 0.717) is 16.8 Å². The number of non-ortho nitro benzene ring substituents is 1. The second kappa shape index (κ2) is 8.43. The van der Waals surface area contributed by atoms with Gasteiger partial charge in [-0.15, -0.1) is 0 Å². The molecule has 168 valence electrons. The molecule has 1 fully saturated rings. The van der Waals surface area contributed by atoms with Crippen molar-refractivity contribution >= 4 is 45.5 Å². The number of amides is 1. The molecule has 0 spiro atoms. The molecule has 33 heavy (non-hydrogen) atoms. The monoisotopic (exact) mass is 462 g/mol. The topological polar surface area (TPSA) is 117 Å². The van der Waals surface area contributed by atoms with Crippen LogP contribution in [0.5, 0.6) is 0 Å². The first kappa shape index (κ1) is 21.3. The van der Waals surface area contributed by atoms with Crippen molar-refractivity contribution in [3.8, 4) is 5.69 Å². The van der Waals surface area contributed by atoms with Gasteiger partial charge in [0.15, 0.2) is 5.84 Å². The minimum Gasteiger partial charge on any atom is -0.317 e. The molecule has 1 aromatic heterocycles. The second-order valence-electron chi connectivity index (χ2n) is 8.32. The Hall–Kier alpha value is -3.53. The molecule has 3 aliphatic rings. The van der Waals surface area contributed by atoms with Gasteiger partial charge in [0.05, 0.1) is 10.5 Å². The minimum atomic E-state index is -0.466. The minimum absolute atomic E-state index is 0.0106. The van der Waals surface area contributed by atoms with E-state index in [0.717, 1.165) is 29.1 Å². The number of thioether (sulfide) groups is 1. The summed E-state index contributed by atoms with van der Waals surface area (Å²) in [6, 6.07) is 8.29. The normalized spacial score (nSPS) is 20.2. The van der Waals surface area contributed by atoms with E-state index >= 15 is 0 Å². The van der Waals surface area contributed by atoms with Gasteiger partial charge < -0.3 is 4.57 Å². The van der Waals surface area contributed by atoms with Crippen LogP contribution in [-0.4, -0.2) is 36.5 Å². The Morgan fingerprint density at radius 1 is 1.24 bits per heavy atom. The number of rotatable bonds is 4. The third-order valence-electron chi connectivity index (χ3n) is 6.15. The van der Waals surface area contributed by atoms with Gasteiger partial charge in [0, 0.05) is 35.6 Å². The summed E-state index contributed by atoms with van der Waals surface area (Å²) in [6.07, 6.45) is 9.21. The highest BCUT2D eigenvalue weighted by molar-refractivity contribution is 8.27. The Morgan fingerprint density at radius 3 is 2.76 bits per heavy atom. The van der Waals surface area contributed by atoms with Crippen molar-refractivity contribution < 1.29 is 9.72 Å². The van der Waals surface area contributed by atoms with Crippen LogP contribution in [0, 0.1) is 28.4 Å². The van der Waals surface area contributed by atoms with Crippen molar-refractivity contribution in [3.63, 3.8) is 0 Å². The van der Waals surface area contributed by atoms with Gasteiger partial charge in [-0.3, -0.25) is 20.3 Å². The maximum Gasteiger partial charge on any atom is 0.283 e. The molecule has 5 rings (SSSR count). The first-order valence-corrected chi connectivity index (χ1v) is 11.7. The summed E-state index contributed by atoms with van der Waals surface area (Å²) >= 11 is 1.40. The first-order valence-electron chi connectivity index (χ1n) is 10.9. The van der Waals surface area contributed by atoms with E-state index in [9.17, 15) is 14.9 Å². The molecular formula is C23H22N6O3S. The van der Waals surface area contributed by atoms with Crippen LogP contribution in [0.2, 0.25) is 0 Å². The summed E-state index contributed by atoms with van der Waals surface area (Å²) < 4.78 is 1.83. The molecule has 0 bridgehead atoms. The van der Waals surface area contributed by atoms with Gasteiger partial charge in [0.1, 0.15) is 5.04 Å². The Bertz CT molecular complexity index is 1270. The lowest BCUT2D eigenvalue weighted by atomic mass is 9.90. The van der Waals surface area contributed by atoms with Crippen molar-refractivity contribution in [2.24, 2.45) is 16.0 Å². The molecule has 1 N–H and O–H groups in total. The number of aromatic nitrogens is 1. The number of aryl methyl sites for hydroxylation is 1. The highest BCUT2D eigenvalue weighted by Gasteiger charge is 2.38. The Morgan fingerprint density at radius 2 is 2.03 bits per heavy atom. The molecule has 1 amide bonds.